The minimum Gasteiger partial charge on any atom is -0.456 e. The van der Waals surface area contributed by atoms with Crippen molar-refractivity contribution in [1.82, 2.24) is 15.0 Å². The van der Waals surface area contributed by atoms with Gasteiger partial charge in [-0.05, 0) is 41.5 Å². The van der Waals surface area contributed by atoms with Crippen molar-refractivity contribution in [3.05, 3.63) is 145 Å². The molecule has 42 heavy (non-hydrogen) atoms. The molecular formula is C38H27N3O. The van der Waals surface area contributed by atoms with E-state index >= 15 is 0 Å². The van der Waals surface area contributed by atoms with E-state index in [1.807, 2.05) is 91.9 Å². The fourth-order valence-electron chi connectivity index (χ4n) is 5.29. The number of hydrogen-bond acceptors (Lipinski definition) is 4. The van der Waals surface area contributed by atoms with Crippen LogP contribution in [0.3, 0.4) is 0 Å². The zero-order valence-electron chi connectivity index (χ0n) is 23.1. The number of fused-ring (bicyclic) bond motifs is 4. The second-order valence-corrected chi connectivity index (χ2v) is 10.0. The van der Waals surface area contributed by atoms with E-state index in [0.717, 1.165) is 55.0 Å². The molecule has 5 aromatic carbocycles. The summed E-state index contributed by atoms with van der Waals surface area (Å²) < 4.78 is 6.35. The average molecular weight is 542 g/mol. The maximum atomic E-state index is 6.35. The van der Waals surface area contributed by atoms with Crippen LogP contribution in [-0.2, 0) is 0 Å². The third-order valence-electron chi connectivity index (χ3n) is 7.27. The van der Waals surface area contributed by atoms with Gasteiger partial charge in [0.2, 0.25) is 0 Å². The van der Waals surface area contributed by atoms with Gasteiger partial charge in [-0.2, -0.15) is 0 Å². The van der Waals surface area contributed by atoms with E-state index in [1.54, 1.807) is 0 Å². The van der Waals surface area contributed by atoms with Crippen LogP contribution in [0.1, 0.15) is 12.5 Å². The van der Waals surface area contributed by atoms with Gasteiger partial charge in [0.25, 0.3) is 0 Å². The van der Waals surface area contributed by atoms with E-state index < -0.39 is 0 Å². The second kappa shape index (κ2) is 11.1. The molecule has 4 heteroatoms. The summed E-state index contributed by atoms with van der Waals surface area (Å²) >= 11 is 0. The zero-order valence-corrected chi connectivity index (χ0v) is 23.1. The minimum absolute atomic E-state index is 0.609. The van der Waals surface area contributed by atoms with Crippen molar-refractivity contribution in [3.8, 4) is 34.2 Å². The van der Waals surface area contributed by atoms with Gasteiger partial charge in [0.05, 0.1) is 0 Å². The Morgan fingerprint density at radius 1 is 0.548 bits per heavy atom. The molecule has 0 aliphatic rings. The molecule has 2 aromatic heterocycles. The van der Waals surface area contributed by atoms with E-state index in [1.165, 1.54) is 0 Å². The van der Waals surface area contributed by atoms with Crippen LogP contribution < -0.4 is 0 Å². The molecule has 7 aromatic rings. The van der Waals surface area contributed by atoms with E-state index in [0.29, 0.717) is 17.5 Å². The third kappa shape index (κ3) is 4.80. The van der Waals surface area contributed by atoms with Crippen molar-refractivity contribution in [1.29, 1.82) is 0 Å². The standard InChI is InChI=1S/C38H27N3O/c1-2-3-4-5-7-14-26-23-24-31-34(25-26)42-33-22-13-21-32(35(31)33)38-40-36(28-16-8-6-9-17-28)39-37(41-38)30-20-12-18-27-15-10-11-19-29(27)30/h2-25H,1H3/b3-2-,5-4-,14-7+. The van der Waals surface area contributed by atoms with Crippen molar-refractivity contribution < 1.29 is 4.42 Å². The van der Waals surface area contributed by atoms with Crippen LogP contribution in [0.2, 0.25) is 0 Å². The first kappa shape index (κ1) is 25.4. The highest BCUT2D eigenvalue weighted by Crippen LogP contribution is 2.37. The Hall–Kier alpha value is -5.61. The van der Waals surface area contributed by atoms with Crippen LogP contribution in [0.4, 0.5) is 0 Å². The highest BCUT2D eigenvalue weighted by atomic mass is 16.3. The van der Waals surface area contributed by atoms with Crippen molar-refractivity contribution in [2.24, 2.45) is 0 Å². The van der Waals surface area contributed by atoms with Gasteiger partial charge in [0, 0.05) is 27.5 Å². The zero-order chi connectivity index (χ0) is 28.3. The molecule has 0 aliphatic carbocycles. The van der Waals surface area contributed by atoms with Crippen molar-refractivity contribution in [2.75, 3.05) is 0 Å². The summed E-state index contributed by atoms with van der Waals surface area (Å²) in [4.78, 5) is 15.1. The molecular weight excluding hydrogens is 514 g/mol. The minimum atomic E-state index is 0.609. The van der Waals surface area contributed by atoms with E-state index in [9.17, 15) is 0 Å². The molecule has 0 radical (unpaired) electrons. The summed E-state index contributed by atoms with van der Waals surface area (Å²) in [6.45, 7) is 2.00. The lowest BCUT2D eigenvalue weighted by atomic mass is 10.0. The molecule has 0 bridgehead atoms. The summed E-state index contributed by atoms with van der Waals surface area (Å²) in [5.74, 6) is 1.88. The van der Waals surface area contributed by atoms with Gasteiger partial charge in [-0.15, -0.1) is 0 Å². The maximum absolute atomic E-state index is 6.35. The summed E-state index contributed by atoms with van der Waals surface area (Å²) in [5.41, 5.74) is 5.50. The fraction of sp³-hybridized carbons (Fsp3) is 0.0263. The van der Waals surface area contributed by atoms with E-state index in [2.05, 4.69) is 60.7 Å². The van der Waals surface area contributed by atoms with Gasteiger partial charge in [-0.3, -0.25) is 0 Å². The van der Waals surface area contributed by atoms with Crippen LogP contribution in [0.25, 0.3) is 73.0 Å². The molecule has 2 heterocycles. The maximum Gasteiger partial charge on any atom is 0.164 e. The topological polar surface area (TPSA) is 51.8 Å². The molecule has 0 amide bonds. The van der Waals surface area contributed by atoms with Crippen molar-refractivity contribution in [2.45, 2.75) is 6.92 Å². The lowest BCUT2D eigenvalue weighted by Crippen LogP contribution is -2.00. The lowest BCUT2D eigenvalue weighted by molar-refractivity contribution is 0.669. The Morgan fingerprint density at radius 2 is 1.26 bits per heavy atom. The van der Waals surface area contributed by atoms with Crippen LogP contribution in [0, 0.1) is 0 Å². The van der Waals surface area contributed by atoms with Gasteiger partial charge >= 0.3 is 0 Å². The SMILES string of the molecule is C\C=C/C=C\C=C\c1ccc2c(c1)oc1cccc(-c3nc(-c4ccccc4)nc(-c4cccc5ccccc45)n3)c12. The predicted octanol–water partition coefficient (Wildman–Crippen LogP) is 10.1. The number of benzene rings is 5. The first-order valence-corrected chi connectivity index (χ1v) is 14.0. The van der Waals surface area contributed by atoms with Gasteiger partial charge in [0.1, 0.15) is 11.2 Å². The Labute approximate surface area is 244 Å². The highest BCUT2D eigenvalue weighted by molar-refractivity contribution is 6.12. The Kier molecular flexibility index (Phi) is 6.71. The molecule has 200 valence electrons. The lowest BCUT2D eigenvalue weighted by Gasteiger charge is -2.11. The summed E-state index contributed by atoms with van der Waals surface area (Å²) in [5, 5.41) is 4.26. The Bertz CT molecular complexity index is 2150. The number of furan rings is 1. The molecule has 0 saturated carbocycles. The normalized spacial score (nSPS) is 12.1. The predicted molar refractivity (Wildman–Crippen MR) is 174 cm³/mol. The molecule has 0 N–H and O–H groups in total. The number of aromatic nitrogens is 3. The summed E-state index contributed by atoms with van der Waals surface area (Å²) in [6.07, 6.45) is 12.1. The third-order valence-corrected chi connectivity index (χ3v) is 7.27. The molecule has 0 aliphatic heterocycles. The molecule has 0 atom stereocenters. The number of nitrogens with zero attached hydrogens (tertiary/aromatic N) is 3. The number of allylic oxidation sites excluding steroid dienone is 5. The van der Waals surface area contributed by atoms with Gasteiger partial charge in [0.15, 0.2) is 17.5 Å². The molecule has 0 unspecified atom stereocenters. The van der Waals surface area contributed by atoms with Crippen LogP contribution >= 0.6 is 0 Å². The van der Waals surface area contributed by atoms with Crippen LogP contribution in [-0.4, -0.2) is 15.0 Å². The number of hydrogen-bond donors (Lipinski definition) is 0. The Balaban J connectivity index is 1.42. The van der Waals surface area contributed by atoms with Crippen LogP contribution in [0.5, 0.6) is 0 Å². The molecule has 0 spiro atoms. The molecule has 0 fully saturated rings. The summed E-state index contributed by atoms with van der Waals surface area (Å²) in [6, 6.07) is 37.0. The molecule has 0 saturated heterocycles. The number of rotatable bonds is 6. The Morgan fingerprint density at radius 3 is 2.14 bits per heavy atom. The average Bonchev–Trinajstić information content (AvgIpc) is 3.43. The van der Waals surface area contributed by atoms with Crippen LogP contribution in [0.15, 0.2) is 144 Å². The quantitative estimate of drug-likeness (QED) is 0.197. The van der Waals surface area contributed by atoms with Crippen molar-refractivity contribution >= 4 is 38.8 Å². The first-order valence-electron chi connectivity index (χ1n) is 14.0. The second-order valence-electron chi connectivity index (χ2n) is 10.0. The highest BCUT2D eigenvalue weighted by Gasteiger charge is 2.18. The molecule has 7 rings (SSSR count). The fourth-order valence-corrected chi connectivity index (χ4v) is 5.29. The van der Waals surface area contributed by atoms with E-state index in [-0.39, 0.29) is 0 Å². The van der Waals surface area contributed by atoms with E-state index in [4.69, 9.17) is 19.4 Å². The summed E-state index contributed by atoms with van der Waals surface area (Å²) in [7, 11) is 0. The van der Waals surface area contributed by atoms with Crippen molar-refractivity contribution in [3.63, 3.8) is 0 Å². The van der Waals surface area contributed by atoms with Gasteiger partial charge in [-0.25, -0.2) is 15.0 Å². The largest absolute Gasteiger partial charge is 0.456 e. The van der Waals surface area contributed by atoms with Gasteiger partial charge in [-0.1, -0.05) is 127 Å². The molecule has 4 nitrogen and oxygen atoms in total. The smallest absolute Gasteiger partial charge is 0.164 e. The monoisotopic (exact) mass is 541 g/mol. The van der Waals surface area contributed by atoms with Gasteiger partial charge < -0.3 is 4.42 Å². The first-order chi connectivity index (χ1) is 20.8.